The minimum Gasteiger partial charge on any atom is -0.378 e. The summed E-state index contributed by atoms with van der Waals surface area (Å²) in [6.45, 7) is 3.12. The predicted octanol–water partition coefficient (Wildman–Crippen LogP) is 0.527. The van der Waals surface area contributed by atoms with E-state index in [1.54, 1.807) is 0 Å². The minimum absolute atomic E-state index is 0.286. The molecule has 3 rings (SSSR count). The molecule has 2 saturated carbocycles. The van der Waals surface area contributed by atoms with Crippen LogP contribution in [0.4, 0.5) is 0 Å². The Kier molecular flexibility index (Phi) is 3.34. The van der Waals surface area contributed by atoms with Crippen LogP contribution in [0.1, 0.15) is 25.7 Å². The van der Waals surface area contributed by atoms with Crippen molar-refractivity contribution in [2.75, 3.05) is 26.3 Å². The number of ether oxygens (including phenoxy) is 1. The highest BCUT2D eigenvalue weighted by molar-refractivity contribution is 5.82. The fraction of sp³-hybridized carbons (Fsp3) is 0.923. The largest absolute Gasteiger partial charge is 0.378 e. The summed E-state index contributed by atoms with van der Waals surface area (Å²) in [5.41, 5.74) is 0. The van der Waals surface area contributed by atoms with E-state index in [4.69, 9.17) is 4.74 Å². The molecule has 1 aliphatic heterocycles. The van der Waals surface area contributed by atoms with Gasteiger partial charge in [-0.3, -0.25) is 4.79 Å². The van der Waals surface area contributed by atoms with Gasteiger partial charge in [-0.2, -0.15) is 0 Å². The Morgan fingerprint density at radius 1 is 1.29 bits per heavy atom. The number of amides is 1. The van der Waals surface area contributed by atoms with Crippen molar-refractivity contribution in [3.63, 3.8) is 0 Å². The Hall–Kier alpha value is -0.610. The van der Waals surface area contributed by atoms with E-state index in [9.17, 15) is 4.79 Å². The number of hydrogen-bond acceptors (Lipinski definition) is 3. The van der Waals surface area contributed by atoms with Gasteiger partial charge in [0, 0.05) is 25.0 Å². The fourth-order valence-corrected chi connectivity index (χ4v) is 3.47. The van der Waals surface area contributed by atoms with Crippen molar-refractivity contribution >= 4 is 5.91 Å². The van der Waals surface area contributed by atoms with Crippen molar-refractivity contribution in [3.8, 4) is 0 Å². The van der Waals surface area contributed by atoms with Crippen molar-refractivity contribution in [1.29, 1.82) is 0 Å². The highest BCUT2D eigenvalue weighted by Gasteiger charge is 2.54. The van der Waals surface area contributed by atoms with Crippen molar-refractivity contribution in [1.82, 2.24) is 10.6 Å². The van der Waals surface area contributed by atoms with Gasteiger partial charge in [0.2, 0.25) is 5.91 Å². The number of hydrogen-bond donors (Lipinski definition) is 2. The van der Waals surface area contributed by atoms with Crippen LogP contribution in [-0.2, 0) is 9.53 Å². The predicted molar refractivity (Wildman–Crippen MR) is 64.6 cm³/mol. The molecule has 4 heteroatoms. The van der Waals surface area contributed by atoms with Crippen molar-refractivity contribution in [2.24, 2.45) is 17.8 Å². The molecule has 3 unspecified atom stereocenters. The summed E-state index contributed by atoms with van der Waals surface area (Å²) >= 11 is 0. The van der Waals surface area contributed by atoms with Crippen LogP contribution in [0, 0.1) is 17.8 Å². The molecule has 3 atom stereocenters. The zero-order chi connectivity index (χ0) is 11.7. The Morgan fingerprint density at radius 3 is 2.71 bits per heavy atom. The smallest absolute Gasteiger partial charge is 0.223 e. The summed E-state index contributed by atoms with van der Waals surface area (Å²) in [4.78, 5) is 12.0. The number of nitrogens with one attached hydrogen (secondary N) is 2. The molecular formula is C13H22N2O2. The SMILES string of the molecule is O=C(NCC1COCCN1)C1C2CCCCC21. The van der Waals surface area contributed by atoms with Crippen molar-refractivity contribution in [3.05, 3.63) is 0 Å². The third kappa shape index (κ3) is 2.47. The van der Waals surface area contributed by atoms with Gasteiger partial charge in [-0.1, -0.05) is 12.8 Å². The topological polar surface area (TPSA) is 50.4 Å². The van der Waals surface area contributed by atoms with Crippen LogP contribution < -0.4 is 10.6 Å². The maximum Gasteiger partial charge on any atom is 0.223 e. The minimum atomic E-state index is 0.286. The van der Waals surface area contributed by atoms with Crippen molar-refractivity contribution in [2.45, 2.75) is 31.7 Å². The van der Waals surface area contributed by atoms with Crippen LogP contribution in [-0.4, -0.2) is 38.3 Å². The molecule has 96 valence electrons. The fourth-order valence-electron chi connectivity index (χ4n) is 3.47. The Balaban J connectivity index is 1.41. The molecule has 0 radical (unpaired) electrons. The number of carbonyl (C=O) groups excluding carboxylic acids is 1. The average molecular weight is 238 g/mol. The monoisotopic (exact) mass is 238 g/mol. The first-order chi connectivity index (χ1) is 8.36. The standard InChI is InChI=1S/C13H22N2O2/c16-13(12-10-3-1-2-4-11(10)12)15-7-9-8-17-6-5-14-9/h9-12,14H,1-8H2,(H,15,16). The molecular weight excluding hydrogens is 216 g/mol. The zero-order valence-electron chi connectivity index (χ0n) is 10.3. The molecule has 1 amide bonds. The third-order valence-electron chi connectivity index (χ3n) is 4.48. The van der Waals surface area contributed by atoms with E-state index in [1.165, 1.54) is 25.7 Å². The molecule has 0 aromatic heterocycles. The van der Waals surface area contributed by atoms with Crippen LogP contribution in [0.5, 0.6) is 0 Å². The molecule has 1 heterocycles. The van der Waals surface area contributed by atoms with Crippen LogP contribution in [0.25, 0.3) is 0 Å². The molecule has 3 fully saturated rings. The quantitative estimate of drug-likeness (QED) is 0.754. The van der Waals surface area contributed by atoms with E-state index in [0.29, 0.717) is 23.8 Å². The third-order valence-corrected chi connectivity index (χ3v) is 4.48. The zero-order valence-corrected chi connectivity index (χ0v) is 10.3. The lowest BCUT2D eigenvalue weighted by atomic mass is 10.0. The van der Waals surface area contributed by atoms with Gasteiger partial charge in [-0.25, -0.2) is 0 Å². The summed E-state index contributed by atoms with van der Waals surface area (Å²) in [7, 11) is 0. The maximum atomic E-state index is 12.0. The Labute approximate surface area is 102 Å². The van der Waals surface area contributed by atoms with Crippen LogP contribution in [0.15, 0.2) is 0 Å². The normalized spacial score (nSPS) is 40.5. The first-order valence-corrected chi connectivity index (χ1v) is 6.95. The molecule has 4 nitrogen and oxygen atoms in total. The molecule has 2 aliphatic carbocycles. The van der Waals surface area contributed by atoms with Gasteiger partial charge in [0.15, 0.2) is 0 Å². The summed E-state index contributed by atoms with van der Waals surface area (Å²) in [5.74, 6) is 2.04. The summed E-state index contributed by atoms with van der Waals surface area (Å²) < 4.78 is 5.37. The van der Waals surface area contributed by atoms with E-state index in [-0.39, 0.29) is 5.91 Å². The molecule has 0 spiro atoms. The highest BCUT2D eigenvalue weighted by Crippen LogP contribution is 2.55. The summed E-state index contributed by atoms with van der Waals surface area (Å²) in [6.07, 6.45) is 5.19. The van der Waals surface area contributed by atoms with Gasteiger partial charge in [0.1, 0.15) is 0 Å². The molecule has 0 aromatic carbocycles. The second kappa shape index (κ2) is 4.94. The number of carbonyl (C=O) groups is 1. The molecule has 2 N–H and O–H groups in total. The second-order valence-corrected chi connectivity index (χ2v) is 5.61. The lowest BCUT2D eigenvalue weighted by molar-refractivity contribution is -0.123. The highest BCUT2D eigenvalue weighted by atomic mass is 16.5. The summed E-state index contributed by atoms with van der Waals surface area (Å²) in [6, 6.07) is 0.300. The summed E-state index contributed by atoms with van der Waals surface area (Å²) in [5, 5.41) is 6.45. The lowest BCUT2D eigenvalue weighted by Crippen LogP contribution is -2.48. The van der Waals surface area contributed by atoms with Gasteiger partial charge < -0.3 is 15.4 Å². The lowest BCUT2D eigenvalue weighted by Gasteiger charge is -2.23. The van der Waals surface area contributed by atoms with Gasteiger partial charge in [0.25, 0.3) is 0 Å². The molecule has 0 aromatic rings. The number of rotatable bonds is 3. The number of morpholine rings is 1. The first-order valence-electron chi connectivity index (χ1n) is 6.95. The van der Waals surface area contributed by atoms with E-state index >= 15 is 0 Å². The Morgan fingerprint density at radius 2 is 2.06 bits per heavy atom. The Bertz CT molecular complexity index is 277. The maximum absolute atomic E-state index is 12.0. The van der Waals surface area contributed by atoms with E-state index in [1.807, 2.05) is 0 Å². The molecule has 0 bridgehead atoms. The van der Waals surface area contributed by atoms with Crippen LogP contribution >= 0.6 is 0 Å². The van der Waals surface area contributed by atoms with Gasteiger partial charge >= 0.3 is 0 Å². The molecule has 17 heavy (non-hydrogen) atoms. The van der Waals surface area contributed by atoms with E-state index in [0.717, 1.165) is 26.3 Å². The molecule has 1 saturated heterocycles. The molecule has 3 aliphatic rings. The second-order valence-electron chi connectivity index (χ2n) is 5.61. The van der Waals surface area contributed by atoms with Gasteiger partial charge in [-0.05, 0) is 24.7 Å². The number of fused-ring (bicyclic) bond motifs is 1. The van der Waals surface area contributed by atoms with E-state index < -0.39 is 0 Å². The first kappa shape index (κ1) is 11.5. The van der Waals surface area contributed by atoms with Gasteiger partial charge in [0.05, 0.1) is 13.2 Å². The van der Waals surface area contributed by atoms with Gasteiger partial charge in [-0.15, -0.1) is 0 Å². The van der Waals surface area contributed by atoms with Crippen LogP contribution in [0.2, 0.25) is 0 Å². The van der Waals surface area contributed by atoms with Crippen LogP contribution in [0.3, 0.4) is 0 Å². The van der Waals surface area contributed by atoms with Crippen molar-refractivity contribution < 1.29 is 9.53 Å². The average Bonchev–Trinajstić information content (AvgIpc) is 3.11. The van der Waals surface area contributed by atoms with E-state index in [2.05, 4.69) is 10.6 Å².